The van der Waals surface area contributed by atoms with Crippen LogP contribution < -0.4 is 10.0 Å². The largest absolute Gasteiger partial charge is 0.313 e. The van der Waals surface area contributed by atoms with Crippen LogP contribution in [-0.4, -0.2) is 33.3 Å². The molecule has 1 aliphatic heterocycles. The highest BCUT2D eigenvalue weighted by Gasteiger charge is 2.36. The Morgan fingerprint density at radius 1 is 1.28 bits per heavy atom. The normalized spacial score (nSPS) is 27.7. The summed E-state index contributed by atoms with van der Waals surface area (Å²) in [5, 5.41) is 3.30. The summed E-state index contributed by atoms with van der Waals surface area (Å²) in [6.07, 6.45) is 7.98. The fraction of sp³-hybridized carbons (Fsp3) is 1.00. The summed E-state index contributed by atoms with van der Waals surface area (Å²) in [5.74, 6) is 0.243. The van der Waals surface area contributed by atoms with Crippen molar-refractivity contribution in [1.29, 1.82) is 0 Å². The van der Waals surface area contributed by atoms with Gasteiger partial charge in [-0.3, -0.25) is 0 Å². The Labute approximate surface area is 111 Å². The van der Waals surface area contributed by atoms with E-state index in [2.05, 4.69) is 17.0 Å². The summed E-state index contributed by atoms with van der Waals surface area (Å²) < 4.78 is 26.9. The minimum absolute atomic E-state index is 0.148. The molecule has 0 spiro atoms. The fourth-order valence-corrected chi connectivity index (χ4v) is 4.44. The minimum Gasteiger partial charge on any atom is -0.313 e. The van der Waals surface area contributed by atoms with E-state index in [1.165, 1.54) is 25.7 Å². The van der Waals surface area contributed by atoms with Crippen molar-refractivity contribution in [3.05, 3.63) is 0 Å². The quantitative estimate of drug-likeness (QED) is 0.774. The summed E-state index contributed by atoms with van der Waals surface area (Å²) in [6.45, 7) is 3.76. The van der Waals surface area contributed by atoms with E-state index in [-0.39, 0.29) is 17.2 Å². The van der Waals surface area contributed by atoms with E-state index in [1.54, 1.807) is 0 Å². The molecule has 5 heteroatoms. The molecule has 0 bridgehead atoms. The number of hydrogen-bond donors (Lipinski definition) is 2. The van der Waals surface area contributed by atoms with Gasteiger partial charge in [-0.1, -0.05) is 19.8 Å². The molecule has 0 aromatic carbocycles. The summed E-state index contributed by atoms with van der Waals surface area (Å²) in [5.41, 5.74) is 0.257. The highest BCUT2D eigenvalue weighted by molar-refractivity contribution is 7.89. The molecule has 1 unspecified atom stereocenters. The van der Waals surface area contributed by atoms with Crippen LogP contribution in [0.1, 0.15) is 51.9 Å². The standard InChI is InChI=1S/C13H26N2O2S/c1-2-13(7-5-8-13)11-15-18(16,17)10-12-6-3-4-9-14-12/h12,14-15H,2-11H2,1H3. The molecule has 2 N–H and O–H groups in total. The first kappa shape index (κ1) is 14.3. The molecule has 2 fully saturated rings. The first-order valence-corrected chi connectivity index (χ1v) is 8.91. The highest BCUT2D eigenvalue weighted by Crippen LogP contribution is 2.43. The lowest BCUT2D eigenvalue weighted by atomic mass is 9.67. The average Bonchev–Trinajstić information content (AvgIpc) is 2.29. The summed E-state index contributed by atoms with van der Waals surface area (Å²) in [4.78, 5) is 0. The smallest absolute Gasteiger partial charge is 0.213 e. The van der Waals surface area contributed by atoms with Crippen molar-refractivity contribution in [2.24, 2.45) is 5.41 Å². The van der Waals surface area contributed by atoms with Gasteiger partial charge in [0, 0.05) is 12.6 Å². The fourth-order valence-electron chi connectivity index (χ4n) is 2.99. The van der Waals surface area contributed by atoms with Gasteiger partial charge in [-0.15, -0.1) is 0 Å². The Morgan fingerprint density at radius 2 is 2.06 bits per heavy atom. The average molecular weight is 274 g/mol. The molecule has 0 amide bonds. The van der Waals surface area contributed by atoms with E-state index in [9.17, 15) is 8.42 Å². The highest BCUT2D eigenvalue weighted by atomic mass is 32.2. The van der Waals surface area contributed by atoms with Crippen molar-refractivity contribution >= 4 is 10.0 Å². The second-order valence-corrected chi connectivity index (χ2v) is 7.81. The van der Waals surface area contributed by atoms with E-state index in [0.717, 1.165) is 25.8 Å². The predicted octanol–water partition coefficient (Wildman–Crippen LogP) is 1.63. The first-order chi connectivity index (χ1) is 8.55. The van der Waals surface area contributed by atoms with E-state index >= 15 is 0 Å². The van der Waals surface area contributed by atoms with Gasteiger partial charge < -0.3 is 5.32 Å². The van der Waals surface area contributed by atoms with Crippen molar-refractivity contribution in [3.8, 4) is 0 Å². The van der Waals surface area contributed by atoms with Crippen LogP contribution in [0.4, 0.5) is 0 Å². The van der Waals surface area contributed by atoms with Crippen molar-refractivity contribution in [3.63, 3.8) is 0 Å². The lowest BCUT2D eigenvalue weighted by Crippen LogP contribution is -2.46. The molecule has 4 nitrogen and oxygen atoms in total. The summed E-state index contributed by atoms with van der Waals surface area (Å²) >= 11 is 0. The SMILES string of the molecule is CCC1(CNS(=O)(=O)CC2CCCCN2)CCC1. The lowest BCUT2D eigenvalue weighted by Gasteiger charge is -2.41. The Morgan fingerprint density at radius 3 is 2.56 bits per heavy atom. The van der Waals surface area contributed by atoms with E-state index in [1.807, 2.05) is 0 Å². The maximum absolute atomic E-state index is 12.1. The summed E-state index contributed by atoms with van der Waals surface area (Å²) in [7, 11) is -3.11. The van der Waals surface area contributed by atoms with Crippen LogP contribution in [0, 0.1) is 5.41 Å². The molecular weight excluding hydrogens is 248 g/mol. The zero-order valence-corrected chi connectivity index (χ0v) is 12.2. The van der Waals surface area contributed by atoms with Crippen LogP contribution in [0.5, 0.6) is 0 Å². The van der Waals surface area contributed by atoms with Crippen LogP contribution >= 0.6 is 0 Å². The van der Waals surface area contributed by atoms with Crippen LogP contribution in [0.15, 0.2) is 0 Å². The van der Waals surface area contributed by atoms with Gasteiger partial charge in [0.25, 0.3) is 0 Å². The molecule has 18 heavy (non-hydrogen) atoms. The zero-order chi connectivity index (χ0) is 13.1. The monoisotopic (exact) mass is 274 g/mol. The molecule has 0 aromatic heterocycles. The van der Waals surface area contributed by atoms with E-state index in [0.29, 0.717) is 6.54 Å². The maximum Gasteiger partial charge on any atom is 0.213 e. The molecule has 2 rings (SSSR count). The van der Waals surface area contributed by atoms with Crippen LogP contribution in [0.25, 0.3) is 0 Å². The Balaban J connectivity index is 1.79. The van der Waals surface area contributed by atoms with Crippen molar-refractivity contribution in [1.82, 2.24) is 10.0 Å². The Bertz CT molecular complexity index is 352. The van der Waals surface area contributed by atoms with Crippen LogP contribution in [0.3, 0.4) is 0 Å². The van der Waals surface area contributed by atoms with Gasteiger partial charge in [0.15, 0.2) is 0 Å². The molecule has 2 aliphatic rings. The second-order valence-electron chi connectivity index (χ2n) is 5.96. The topological polar surface area (TPSA) is 58.2 Å². The second kappa shape index (κ2) is 5.88. The lowest BCUT2D eigenvalue weighted by molar-refractivity contribution is 0.133. The molecule has 0 radical (unpaired) electrons. The minimum atomic E-state index is -3.11. The van der Waals surface area contributed by atoms with Gasteiger partial charge in [-0.25, -0.2) is 13.1 Å². The Kier molecular flexibility index (Phi) is 4.67. The number of sulfonamides is 1. The number of nitrogens with one attached hydrogen (secondary N) is 2. The molecule has 1 saturated heterocycles. The van der Waals surface area contributed by atoms with E-state index < -0.39 is 10.0 Å². The Hall–Kier alpha value is -0.130. The van der Waals surface area contributed by atoms with Crippen molar-refractivity contribution in [2.45, 2.75) is 57.9 Å². The maximum atomic E-state index is 12.1. The molecular formula is C13H26N2O2S. The van der Waals surface area contributed by atoms with Crippen molar-refractivity contribution < 1.29 is 8.42 Å². The van der Waals surface area contributed by atoms with Gasteiger partial charge in [0.05, 0.1) is 5.75 Å². The zero-order valence-electron chi connectivity index (χ0n) is 11.4. The molecule has 1 aliphatic carbocycles. The molecule has 0 aromatic rings. The summed E-state index contributed by atoms with van der Waals surface area (Å²) in [6, 6.07) is 0.148. The van der Waals surface area contributed by atoms with Gasteiger partial charge in [-0.05, 0) is 44.1 Å². The van der Waals surface area contributed by atoms with Crippen molar-refractivity contribution in [2.75, 3.05) is 18.8 Å². The molecule has 1 heterocycles. The van der Waals surface area contributed by atoms with Gasteiger partial charge >= 0.3 is 0 Å². The molecule has 106 valence electrons. The number of rotatable bonds is 6. The van der Waals surface area contributed by atoms with E-state index in [4.69, 9.17) is 0 Å². The third kappa shape index (κ3) is 3.68. The first-order valence-electron chi connectivity index (χ1n) is 7.26. The molecule has 1 saturated carbocycles. The van der Waals surface area contributed by atoms with Crippen LogP contribution in [-0.2, 0) is 10.0 Å². The van der Waals surface area contributed by atoms with Gasteiger partial charge in [0.2, 0.25) is 10.0 Å². The third-order valence-electron chi connectivity index (χ3n) is 4.66. The van der Waals surface area contributed by atoms with Gasteiger partial charge in [-0.2, -0.15) is 0 Å². The number of hydrogen-bond acceptors (Lipinski definition) is 3. The third-order valence-corrected chi connectivity index (χ3v) is 6.09. The van der Waals surface area contributed by atoms with Gasteiger partial charge in [0.1, 0.15) is 0 Å². The molecule has 1 atom stereocenters. The van der Waals surface area contributed by atoms with Crippen LogP contribution in [0.2, 0.25) is 0 Å². The predicted molar refractivity (Wildman–Crippen MR) is 74.0 cm³/mol. The number of piperidine rings is 1.